The summed E-state index contributed by atoms with van der Waals surface area (Å²) in [4.78, 5) is 2.46. The maximum atomic E-state index is 11.7. The zero-order chi connectivity index (χ0) is 13.9. The lowest BCUT2D eigenvalue weighted by Gasteiger charge is -2.24. The number of nitrogens with one attached hydrogen (secondary N) is 1. The Morgan fingerprint density at radius 3 is 2.32 bits per heavy atom. The van der Waals surface area contributed by atoms with Crippen LogP contribution in [0.1, 0.15) is 25.7 Å². The number of hydrogen-bond acceptors (Lipinski definition) is 4. The van der Waals surface area contributed by atoms with E-state index in [1.54, 1.807) is 6.07 Å². The summed E-state index contributed by atoms with van der Waals surface area (Å²) >= 11 is 0. The summed E-state index contributed by atoms with van der Waals surface area (Å²) in [6, 6.07) is 4.96. The Balaban J connectivity index is 2.28. The summed E-state index contributed by atoms with van der Waals surface area (Å²) in [6.45, 7) is 1.98. The number of sulfonamides is 1. The molecule has 1 aliphatic heterocycles. The van der Waals surface area contributed by atoms with Gasteiger partial charge in [0.2, 0.25) is 10.0 Å². The summed E-state index contributed by atoms with van der Waals surface area (Å²) in [7, 11) is -2.03. The molecule has 1 aliphatic rings. The molecule has 0 spiro atoms. The lowest BCUT2D eigenvalue weighted by Crippen LogP contribution is -2.25. The minimum atomic E-state index is -3.42. The van der Waals surface area contributed by atoms with Crippen molar-refractivity contribution in [1.29, 1.82) is 0 Å². The second-order valence-electron chi connectivity index (χ2n) is 4.83. The zero-order valence-electron chi connectivity index (χ0n) is 11.2. The first-order valence-electron chi connectivity index (χ1n) is 6.62. The third kappa shape index (κ3) is 3.19. The molecule has 1 saturated heterocycles. The van der Waals surface area contributed by atoms with Crippen LogP contribution in [0.25, 0.3) is 0 Å². The van der Waals surface area contributed by atoms with Crippen molar-refractivity contribution in [2.45, 2.75) is 30.6 Å². The van der Waals surface area contributed by atoms with E-state index < -0.39 is 10.0 Å². The Bertz CT molecular complexity index is 535. The molecule has 1 heterocycles. The van der Waals surface area contributed by atoms with Crippen molar-refractivity contribution in [3.63, 3.8) is 0 Å². The molecule has 3 N–H and O–H groups in total. The second kappa shape index (κ2) is 5.79. The first-order valence-corrected chi connectivity index (χ1v) is 8.11. The highest BCUT2D eigenvalue weighted by molar-refractivity contribution is 7.89. The Labute approximate surface area is 114 Å². The Kier molecular flexibility index (Phi) is 4.31. The molecule has 0 aromatic heterocycles. The monoisotopic (exact) mass is 283 g/mol. The molecule has 0 aliphatic carbocycles. The fourth-order valence-electron chi connectivity index (χ4n) is 2.42. The molecular formula is C13H21N3O2S. The van der Waals surface area contributed by atoms with Gasteiger partial charge in [0.1, 0.15) is 0 Å². The zero-order valence-corrected chi connectivity index (χ0v) is 12.0. The number of benzene rings is 1. The van der Waals surface area contributed by atoms with Crippen LogP contribution in [0.15, 0.2) is 23.1 Å². The summed E-state index contributed by atoms with van der Waals surface area (Å²) < 4.78 is 25.7. The summed E-state index contributed by atoms with van der Waals surface area (Å²) in [5, 5.41) is 0. The number of hydrogen-bond donors (Lipinski definition) is 2. The molecule has 1 fully saturated rings. The minimum absolute atomic E-state index is 0.214. The lowest BCUT2D eigenvalue weighted by atomic mass is 10.2. The molecule has 2 rings (SSSR count). The molecule has 0 bridgehead atoms. The Morgan fingerprint density at radius 1 is 1.16 bits per heavy atom. The van der Waals surface area contributed by atoms with Gasteiger partial charge in [0, 0.05) is 13.1 Å². The lowest BCUT2D eigenvalue weighted by molar-refractivity contribution is 0.588. The van der Waals surface area contributed by atoms with E-state index in [0.29, 0.717) is 5.69 Å². The first kappa shape index (κ1) is 14.1. The van der Waals surface area contributed by atoms with Crippen molar-refractivity contribution in [1.82, 2.24) is 4.72 Å². The maximum Gasteiger partial charge on any atom is 0.240 e. The average molecular weight is 283 g/mol. The van der Waals surface area contributed by atoms with Crippen LogP contribution >= 0.6 is 0 Å². The molecule has 106 valence electrons. The maximum absolute atomic E-state index is 11.7. The van der Waals surface area contributed by atoms with E-state index in [2.05, 4.69) is 9.62 Å². The van der Waals surface area contributed by atoms with Crippen LogP contribution in [0.4, 0.5) is 11.4 Å². The van der Waals surface area contributed by atoms with Gasteiger partial charge in [0.05, 0.1) is 16.3 Å². The van der Waals surface area contributed by atoms with Crippen molar-refractivity contribution >= 4 is 21.4 Å². The molecule has 0 saturated carbocycles. The molecule has 5 nitrogen and oxygen atoms in total. The highest BCUT2D eigenvalue weighted by Crippen LogP contribution is 2.28. The average Bonchev–Trinajstić information content (AvgIpc) is 2.67. The molecule has 1 aromatic carbocycles. The predicted octanol–water partition coefficient (Wildman–Crippen LogP) is 1.56. The number of nitrogens with two attached hydrogens (primary N) is 1. The van der Waals surface area contributed by atoms with E-state index in [0.717, 1.165) is 31.6 Å². The van der Waals surface area contributed by atoms with Crippen molar-refractivity contribution in [3.8, 4) is 0 Å². The van der Waals surface area contributed by atoms with E-state index in [9.17, 15) is 8.42 Å². The quantitative estimate of drug-likeness (QED) is 0.825. The van der Waals surface area contributed by atoms with Crippen LogP contribution in [0.2, 0.25) is 0 Å². The van der Waals surface area contributed by atoms with E-state index >= 15 is 0 Å². The van der Waals surface area contributed by atoms with Gasteiger partial charge >= 0.3 is 0 Å². The normalized spacial score (nSPS) is 17.2. The van der Waals surface area contributed by atoms with E-state index in [4.69, 9.17) is 5.73 Å². The summed E-state index contributed by atoms with van der Waals surface area (Å²) in [5.41, 5.74) is 7.49. The van der Waals surface area contributed by atoms with Gasteiger partial charge in [-0.1, -0.05) is 12.8 Å². The van der Waals surface area contributed by atoms with Crippen molar-refractivity contribution in [2.75, 3.05) is 30.8 Å². The highest BCUT2D eigenvalue weighted by atomic mass is 32.2. The highest BCUT2D eigenvalue weighted by Gasteiger charge is 2.16. The van der Waals surface area contributed by atoms with Crippen molar-refractivity contribution in [3.05, 3.63) is 18.2 Å². The number of anilines is 2. The van der Waals surface area contributed by atoms with Gasteiger partial charge in [-0.15, -0.1) is 0 Å². The third-order valence-electron chi connectivity index (χ3n) is 3.52. The summed E-state index contributed by atoms with van der Waals surface area (Å²) in [6.07, 6.45) is 4.83. The SMILES string of the molecule is CNS(=O)(=O)c1ccc(N2CCCCCC2)c(N)c1. The molecule has 19 heavy (non-hydrogen) atoms. The molecule has 0 amide bonds. The van der Waals surface area contributed by atoms with Gasteiger partial charge in [-0.25, -0.2) is 13.1 Å². The number of nitrogens with zero attached hydrogens (tertiary/aromatic N) is 1. The Morgan fingerprint density at radius 2 is 1.79 bits per heavy atom. The van der Waals surface area contributed by atoms with Gasteiger partial charge in [0.15, 0.2) is 0 Å². The first-order chi connectivity index (χ1) is 9.04. The van der Waals surface area contributed by atoms with Gasteiger partial charge in [-0.3, -0.25) is 0 Å². The fourth-order valence-corrected chi connectivity index (χ4v) is 3.18. The van der Waals surface area contributed by atoms with Crippen LogP contribution in [-0.2, 0) is 10.0 Å². The predicted molar refractivity (Wildman–Crippen MR) is 77.8 cm³/mol. The Hall–Kier alpha value is -1.27. The second-order valence-corrected chi connectivity index (χ2v) is 6.72. The third-order valence-corrected chi connectivity index (χ3v) is 4.94. The van der Waals surface area contributed by atoms with Crippen molar-refractivity contribution in [2.24, 2.45) is 0 Å². The van der Waals surface area contributed by atoms with Crippen LogP contribution in [0.5, 0.6) is 0 Å². The van der Waals surface area contributed by atoms with Gasteiger partial charge < -0.3 is 10.6 Å². The number of rotatable bonds is 3. The van der Waals surface area contributed by atoms with Gasteiger partial charge in [-0.2, -0.15) is 0 Å². The molecule has 0 atom stereocenters. The summed E-state index contributed by atoms with van der Waals surface area (Å²) in [5.74, 6) is 0. The topological polar surface area (TPSA) is 75.4 Å². The minimum Gasteiger partial charge on any atom is -0.397 e. The smallest absolute Gasteiger partial charge is 0.240 e. The van der Waals surface area contributed by atoms with Crippen LogP contribution < -0.4 is 15.4 Å². The molecular weight excluding hydrogens is 262 g/mol. The number of nitrogen functional groups attached to an aromatic ring is 1. The molecule has 0 unspecified atom stereocenters. The largest absolute Gasteiger partial charge is 0.397 e. The van der Waals surface area contributed by atoms with Crippen molar-refractivity contribution < 1.29 is 8.42 Å². The van der Waals surface area contributed by atoms with E-state index in [1.165, 1.54) is 26.0 Å². The van der Waals surface area contributed by atoms with Gasteiger partial charge in [-0.05, 0) is 38.1 Å². The molecule has 6 heteroatoms. The van der Waals surface area contributed by atoms with E-state index in [-0.39, 0.29) is 4.90 Å². The molecule has 0 radical (unpaired) electrons. The fraction of sp³-hybridized carbons (Fsp3) is 0.538. The van der Waals surface area contributed by atoms with Crippen LogP contribution in [0, 0.1) is 0 Å². The van der Waals surface area contributed by atoms with Gasteiger partial charge in [0.25, 0.3) is 0 Å². The van der Waals surface area contributed by atoms with E-state index in [1.807, 2.05) is 6.07 Å². The molecule has 1 aromatic rings. The van der Waals surface area contributed by atoms with Crippen LogP contribution in [0.3, 0.4) is 0 Å². The van der Waals surface area contributed by atoms with Crippen LogP contribution in [-0.4, -0.2) is 28.6 Å². The standard InChI is InChI=1S/C13H21N3O2S/c1-15-19(17,18)11-6-7-13(12(14)10-11)16-8-4-2-3-5-9-16/h6-7,10,15H,2-5,8-9,14H2,1H3.